The molecule has 4 nitrogen and oxygen atoms in total. The third kappa shape index (κ3) is 3.11. The largest absolute Gasteiger partial charge is 0.504 e. The fraction of sp³-hybridized carbons (Fsp3) is 0.400. The van der Waals surface area contributed by atoms with Crippen molar-refractivity contribution in [3.05, 3.63) is 28.8 Å². The normalized spacial score (nSPS) is 12.6. The lowest BCUT2D eigenvalue weighted by Gasteiger charge is -2.11. The topological polar surface area (TPSA) is 65.4 Å². The number of nitrogens with one attached hydrogen (secondary N) is 1. The van der Waals surface area contributed by atoms with Crippen LogP contribution in [0.4, 0.5) is 0 Å². The van der Waals surface area contributed by atoms with E-state index in [1.165, 1.54) is 10.9 Å². The summed E-state index contributed by atoms with van der Waals surface area (Å²) in [4.78, 5) is 5.78. The quantitative estimate of drug-likeness (QED) is 0.737. The summed E-state index contributed by atoms with van der Waals surface area (Å²) in [5.74, 6) is -0.228. The molecule has 1 unspecified atom stereocenters. The zero-order valence-electron chi connectivity index (χ0n) is 12.0. The van der Waals surface area contributed by atoms with E-state index in [1.54, 1.807) is 23.5 Å². The van der Waals surface area contributed by atoms with Gasteiger partial charge < -0.3 is 15.5 Å². The minimum atomic E-state index is -0.117. The standard InChI is InChI=1S/C15H20N2O2S/c1-4-7-16-9(2)14-10(3)17-15(20-14)11-5-6-12(18)13(19)8-11/h5-6,8-9,16,18-19H,4,7H2,1-3H3. The molecule has 108 valence electrons. The summed E-state index contributed by atoms with van der Waals surface area (Å²) in [5.41, 5.74) is 1.83. The second kappa shape index (κ2) is 6.24. The van der Waals surface area contributed by atoms with Gasteiger partial charge in [-0.25, -0.2) is 4.98 Å². The molecule has 2 aromatic rings. The van der Waals surface area contributed by atoms with Gasteiger partial charge in [0.25, 0.3) is 0 Å². The van der Waals surface area contributed by atoms with Crippen molar-refractivity contribution in [3.8, 4) is 22.1 Å². The molecule has 0 saturated carbocycles. The third-order valence-corrected chi connectivity index (χ3v) is 4.54. The van der Waals surface area contributed by atoms with Crippen molar-refractivity contribution >= 4 is 11.3 Å². The maximum absolute atomic E-state index is 9.58. The monoisotopic (exact) mass is 292 g/mol. The van der Waals surface area contributed by atoms with E-state index in [0.29, 0.717) is 0 Å². The average Bonchev–Trinajstić information content (AvgIpc) is 2.81. The molecule has 2 rings (SSSR count). The van der Waals surface area contributed by atoms with E-state index < -0.39 is 0 Å². The molecule has 1 aromatic heterocycles. The lowest BCUT2D eigenvalue weighted by Crippen LogP contribution is -2.18. The van der Waals surface area contributed by atoms with Crippen molar-refractivity contribution in [1.29, 1.82) is 0 Å². The highest BCUT2D eigenvalue weighted by atomic mass is 32.1. The van der Waals surface area contributed by atoms with Gasteiger partial charge in [0.15, 0.2) is 11.5 Å². The number of phenols is 2. The molecule has 0 aliphatic carbocycles. The highest BCUT2D eigenvalue weighted by molar-refractivity contribution is 7.15. The molecule has 1 atom stereocenters. The van der Waals surface area contributed by atoms with Crippen molar-refractivity contribution in [1.82, 2.24) is 10.3 Å². The summed E-state index contributed by atoms with van der Waals surface area (Å²) in [6.07, 6.45) is 1.10. The minimum Gasteiger partial charge on any atom is -0.504 e. The van der Waals surface area contributed by atoms with Crippen molar-refractivity contribution < 1.29 is 10.2 Å². The molecule has 20 heavy (non-hydrogen) atoms. The van der Waals surface area contributed by atoms with Gasteiger partial charge in [-0.3, -0.25) is 0 Å². The molecule has 5 heteroatoms. The smallest absolute Gasteiger partial charge is 0.158 e. The SMILES string of the molecule is CCCNC(C)c1sc(-c2ccc(O)c(O)c2)nc1C. The Hall–Kier alpha value is -1.59. The second-order valence-corrected chi connectivity index (χ2v) is 5.88. The molecule has 0 saturated heterocycles. The highest BCUT2D eigenvalue weighted by Crippen LogP contribution is 2.35. The third-order valence-electron chi connectivity index (χ3n) is 3.15. The second-order valence-electron chi connectivity index (χ2n) is 4.85. The Morgan fingerprint density at radius 3 is 2.70 bits per heavy atom. The van der Waals surface area contributed by atoms with Gasteiger partial charge in [-0.1, -0.05) is 6.92 Å². The molecule has 0 spiro atoms. The van der Waals surface area contributed by atoms with Gasteiger partial charge in [-0.2, -0.15) is 0 Å². The van der Waals surface area contributed by atoms with Crippen LogP contribution in [0.15, 0.2) is 18.2 Å². The summed E-state index contributed by atoms with van der Waals surface area (Å²) in [5, 5.41) is 23.3. The number of rotatable bonds is 5. The Balaban J connectivity index is 2.28. The number of hydrogen-bond acceptors (Lipinski definition) is 5. The number of thiazole rings is 1. The first kappa shape index (κ1) is 14.8. The van der Waals surface area contributed by atoms with E-state index in [1.807, 2.05) is 6.92 Å². The summed E-state index contributed by atoms with van der Waals surface area (Å²) >= 11 is 1.62. The molecule has 0 bridgehead atoms. The average molecular weight is 292 g/mol. The Labute approximate surface area is 123 Å². The van der Waals surface area contributed by atoms with Crippen molar-refractivity contribution in [2.24, 2.45) is 0 Å². The molecule has 0 radical (unpaired) electrons. The van der Waals surface area contributed by atoms with Crippen LogP contribution in [0.2, 0.25) is 0 Å². The van der Waals surface area contributed by atoms with Crippen molar-refractivity contribution in [2.75, 3.05) is 6.54 Å². The van der Waals surface area contributed by atoms with Crippen molar-refractivity contribution in [3.63, 3.8) is 0 Å². The molecule has 0 aliphatic heterocycles. The van der Waals surface area contributed by atoms with E-state index in [0.717, 1.165) is 29.2 Å². The molecular weight excluding hydrogens is 272 g/mol. The minimum absolute atomic E-state index is 0.111. The maximum Gasteiger partial charge on any atom is 0.158 e. The number of hydrogen-bond donors (Lipinski definition) is 3. The Morgan fingerprint density at radius 2 is 2.05 bits per heavy atom. The van der Waals surface area contributed by atoms with Gasteiger partial charge in [0.1, 0.15) is 5.01 Å². The van der Waals surface area contributed by atoms with E-state index in [2.05, 4.69) is 24.1 Å². The molecule has 0 fully saturated rings. The molecule has 1 heterocycles. The number of phenolic OH excluding ortho intramolecular Hbond substituents is 2. The predicted octanol–water partition coefficient (Wildman–Crippen LogP) is 3.59. The Morgan fingerprint density at radius 1 is 1.30 bits per heavy atom. The van der Waals surface area contributed by atoms with Crippen LogP contribution in [0.25, 0.3) is 10.6 Å². The molecule has 0 aliphatic rings. The van der Waals surface area contributed by atoms with E-state index in [4.69, 9.17) is 0 Å². The fourth-order valence-corrected chi connectivity index (χ4v) is 3.13. The van der Waals surface area contributed by atoms with Crippen LogP contribution in [-0.2, 0) is 0 Å². The van der Waals surface area contributed by atoms with Crippen LogP contribution in [-0.4, -0.2) is 21.7 Å². The Bertz CT molecular complexity index is 596. The molecular formula is C15H20N2O2S. The number of aromatic hydroxyl groups is 2. The first-order valence-corrected chi connectivity index (χ1v) is 7.57. The van der Waals surface area contributed by atoms with Crippen molar-refractivity contribution in [2.45, 2.75) is 33.2 Å². The lowest BCUT2D eigenvalue weighted by atomic mass is 10.2. The van der Waals surface area contributed by atoms with Gasteiger partial charge in [0, 0.05) is 16.5 Å². The molecule has 3 N–H and O–H groups in total. The maximum atomic E-state index is 9.58. The zero-order valence-corrected chi connectivity index (χ0v) is 12.8. The van der Waals surface area contributed by atoms with Crippen LogP contribution >= 0.6 is 11.3 Å². The number of nitrogens with zero attached hydrogens (tertiary/aromatic N) is 1. The van der Waals surface area contributed by atoms with Crippen LogP contribution < -0.4 is 5.32 Å². The van der Waals surface area contributed by atoms with Crippen LogP contribution in [0.1, 0.15) is 36.9 Å². The van der Waals surface area contributed by atoms with E-state index >= 15 is 0 Å². The van der Waals surface area contributed by atoms with Gasteiger partial charge in [-0.15, -0.1) is 11.3 Å². The summed E-state index contributed by atoms with van der Waals surface area (Å²) in [6, 6.07) is 5.06. The summed E-state index contributed by atoms with van der Waals surface area (Å²) < 4.78 is 0. The number of benzene rings is 1. The van der Waals surface area contributed by atoms with Gasteiger partial charge >= 0.3 is 0 Å². The van der Waals surface area contributed by atoms with Gasteiger partial charge in [0.2, 0.25) is 0 Å². The first-order chi connectivity index (χ1) is 9.52. The van der Waals surface area contributed by atoms with E-state index in [9.17, 15) is 10.2 Å². The predicted molar refractivity (Wildman–Crippen MR) is 82.3 cm³/mol. The number of aromatic nitrogens is 1. The number of aryl methyl sites for hydroxylation is 1. The lowest BCUT2D eigenvalue weighted by molar-refractivity contribution is 0.404. The summed E-state index contributed by atoms with van der Waals surface area (Å²) in [6.45, 7) is 7.26. The molecule has 0 amide bonds. The summed E-state index contributed by atoms with van der Waals surface area (Å²) in [7, 11) is 0. The fourth-order valence-electron chi connectivity index (χ4n) is 2.04. The van der Waals surface area contributed by atoms with Gasteiger partial charge in [-0.05, 0) is 45.0 Å². The molecule has 1 aromatic carbocycles. The highest BCUT2D eigenvalue weighted by Gasteiger charge is 2.15. The van der Waals surface area contributed by atoms with E-state index in [-0.39, 0.29) is 17.5 Å². The van der Waals surface area contributed by atoms with Gasteiger partial charge in [0.05, 0.1) is 5.69 Å². The van der Waals surface area contributed by atoms with Crippen LogP contribution in [0, 0.1) is 6.92 Å². The first-order valence-electron chi connectivity index (χ1n) is 6.76. The zero-order chi connectivity index (χ0) is 14.7. The van der Waals surface area contributed by atoms with Crippen LogP contribution in [0.5, 0.6) is 11.5 Å². The Kier molecular flexibility index (Phi) is 4.62. The van der Waals surface area contributed by atoms with Crippen LogP contribution in [0.3, 0.4) is 0 Å².